The van der Waals surface area contributed by atoms with E-state index >= 15 is 0 Å². The van der Waals surface area contributed by atoms with Crippen LogP contribution >= 0.6 is 11.3 Å². The van der Waals surface area contributed by atoms with Crippen LogP contribution in [0.5, 0.6) is 23.0 Å². The fourth-order valence-corrected chi connectivity index (χ4v) is 3.84. The second-order valence-corrected chi connectivity index (χ2v) is 8.08. The van der Waals surface area contributed by atoms with Gasteiger partial charge in [-0.3, -0.25) is 9.59 Å². The molecule has 1 heterocycles. The molecule has 180 valence electrons. The van der Waals surface area contributed by atoms with Crippen molar-refractivity contribution in [3.8, 4) is 23.0 Å². The van der Waals surface area contributed by atoms with Crippen molar-refractivity contribution in [2.24, 2.45) is 0 Å². The maximum atomic E-state index is 12.4. The predicted octanol–water partition coefficient (Wildman–Crippen LogP) is 2.92. The minimum Gasteiger partial charge on any atom is -0.497 e. The molecule has 0 saturated carbocycles. The van der Waals surface area contributed by atoms with Gasteiger partial charge in [-0.25, -0.2) is 0 Å². The van der Waals surface area contributed by atoms with E-state index in [1.165, 1.54) is 25.6 Å². The van der Waals surface area contributed by atoms with Gasteiger partial charge in [-0.15, -0.1) is 10.2 Å². The molecule has 1 aromatic heterocycles. The first-order chi connectivity index (χ1) is 16.4. The van der Waals surface area contributed by atoms with Gasteiger partial charge >= 0.3 is 0 Å². The van der Waals surface area contributed by atoms with Gasteiger partial charge in [-0.1, -0.05) is 17.4 Å². The summed E-state index contributed by atoms with van der Waals surface area (Å²) in [5.41, 5.74) is 1.35. The number of amides is 2. The number of nitrogens with one attached hydrogen (secondary N) is 2. The quantitative estimate of drug-likeness (QED) is 0.424. The van der Waals surface area contributed by atoms with E-state index in [1.54, 1.807) is 32.4 Å². The number of aromatic nitrogens is 2. The summed E-state index contributed by atoms with van der Waals surface area (Å²) >= 11 is 1.28. The summed E-state index contributed by atoms with van der Waals surface area (Å²) in [6.07, 6.45) is 0.616. The largest absolute Gasteiger partial charge is 0.497 e. The number of hydrogen-bond donors (Lipinski definition) is 2. The molecule has 0 bridgehead atoms. The van der Waals surface area contributed by atoms with E-state index in [-0.39, 0.29) is 24.8 Å². The molecule has 2 amide bonds. The number of anilines is 1. The van der Waals surface area contributed by atoms with E-state index in [2.05, 4.69) is 20.8 Å². The van der Waals surface area contributed by atoms with Crippen LogP contribution in [0.3, 0.4) is 0 Å². The Morgan fingerprint density at radius 3 is 2.24 bits per heavy atom. The van der Waals surface area contributed by atoms with Crippen LogP contribution in [0.25, 0.3) is 0 Å². The van der Waals surface area contributed by atoms with Crippen LogP contribution in [0.15, 0.2) is 36.4 Å². The lowest BCUT2D eigenvalue weighted by Crippen LogP contribution is -2.27. The predicted molar refractivity (Wildman–Crippen MR) is 127 cm³/mol. The van der Waals surface area contributed by atoms with Gasteiger partial charge in [0.2, 0.25) is 11.0 Å². The Bertz CT molecular complexity index is 1130. The third kappa shape index (κ3) is 6.58. The van der Waals surface area contributed by atoms with Gasteiger partial charge in [-0.2, -0.15) is 0 Å². The van der Waals surface area contributed by atoms with Crippen LogP contribution in [0, 0.1) is 0 Å². The monoisotopic (exact) mass is 486 g/mol. The first-order valence-corrected chi connectivity index (χ1v) is 11.1. The fourth-order valence-electron chi connectivity index (χ4n) is 3.05. The molecule has 0 saturated heterocycles. The summed E-state index contributed by atoms with van der Waals surface area (Å²) in [7, 11) is 6.18. The molecule has 0 spiro atoms. The van der Waals surface area contributed by atoms with E-state index in [0.717, 1.165) is 10.6 Å². The Hall–Kier alpha value is -3.86. The minimum atomic E-state index is -0.335. The molecular weight excluding hydrogens is 460 g/mol. The van der Waals surface area contributed by atoms with Crippen molar-refractivity contribution < 1.29 is 28.5 Å². The van der Waals surface area contributed by atoms with Crippen molar-refractivity contribution >= 4 is 28.3 Å². The molecule has 0 radical (unpaired) electrons. The smallest absolute Gasteiger partial charge is 0.251 e. The molecule has 2 N–H and O–H groups in total. The Kier molecular flexibility index (Phi) is 8.63. The van der Waals surface area contributed by atoms with Crippen LogP contribution in [-0.4, -0.2) is 57.0 Å². The summed E-state index contributed by atoms with van der Waals surface area (Å²) in [4.78, 5) is 24.7. The van der Waals surface area contributed by atoms with Crippen LogP contribution in [0.4, 0.5) is 5.13 Å². The third-order valence-electron chi connectivity index (χ3n) is 4.77. The summed E-state index contributed by atoms with van der Waals surface area (Å²) in [6.45, 7) is 0.154. The normalized spacial score (nSPS) is 10.4. The first-order valence-electron chi connectivity index (χ1n) is 10.3. The van der Waals surface area contributed by atoms with E-state index in [9.17, 15) is 9.59 Å². The number of benzene rings is 2. The Balaban J connectivity index is 1.49. The molecule has 0 unspecified atom stereocenters. The van der Waals surface area contributed by atoms with Crippen molar-refractivity contribution in [3.63, 3.8) is 0 Å². The Labute approximate surface area is 201 Å². The van der Waals surface area contributed by atoms with E-state index < -0.39 is 0 Å². The molecule has 0 aliphatic carbocycles. The number of rotatable bonds is 11. The van der Waals surface area contributed by atoms with Gasteiger partial charge in [0.25, 0.3) is 5.91 Å². The molecule has 0 aliphatic heterocycles. The number of carbonyl (C=O) groups excluding carboxylic acids is 2. The van der Waals surface area contributed by atoms with Gasteiger partial charge in [-0.05, 0) is 29.8 Å². The van der Waals surface area contributed by atoms with Crippen LogP contribution in [-0.2, 0) is 11.2 Å². The number of ether oxygens (including phenoxy) is 4. The van der Waals surface area contributed by atoms with Gasteiger partial charge < -0.3 is 29.6 Å². The van der Waals surface area contributed by atoms with E-state index in [1.807, 2.05) is 18.2 Å². The van der Waals surface area contributed by atoms with Gasteiger partial charge in [0.15, 0.2) is 11.5 Å². The van der Waals surface area contributed by atoms with Gasteiger partial charge in [0, 0.05) is 31.0 Å². The Morgan fingerprint density at radius 1 is 0.882 bits per heavy atom. The second-order valence-electron chi connectivity index (χ2n) is 7.02. The molecule has 3 rings (SSSR count). The number of methoxy groups -OCH3 is 4. The SMILES string of the molecule is COc1cc(OC)cc(C(=O)NCCC(=O)Nc2nnc(Cc3ccc(OC)c(OC)c3)s2)c1. The molecule has 0 aliphatic rings. The fraction of sp³-hybridized carbons (Fsp3) is 0.304. The molecule has 0 fully saturated rings. The van der Waals surface area contributed by atoms with Gasteiger partial charge in [0.1, 0.15) is 16.5 Å². The molecule has 11 heteroatoms. The zero-order valence-corrected chi connectivity index (χ0v) is 20.2. The average Bonchev–Trinajstić information content (AvgIpc) is 3.29. The first kappa shape index (κ1) is 24.8. The number of hydrogen-bond acceptors (Lipinski definition) is 9. The maximum Gasteiger partial charge on any atom is 0.251 e. The third-order valence-corrected chi connectivity index (χ3v) is 5.61. The lowest BCUT2D eigenvalue weighted by molar-refractivity contribution is -0.116. The van der Waals surface area contributed by atoms with Crippen molar-refractivity contribution in [1.82, 2.24) is 15.5 Å². The van der Waals surface area contributed by atoms with Crippen molar-refractivity contribution in [2.45, 2.75) is 12.8 Å². The van der Waals surface area contributed by atoms with Crippen molar-refractivity contribution in [2.75, 3.05) is 40.3 Å². The zero-order chi connectivity index (χ0) is 24.5. The van der Waals surface area contributed by atoms with Crippen molar-refractivity contribution in [3.05, 3.63) is 52.5 Å². The highest BCUT2D eigenvalue weighted by Crippen LogP contribution is 2.29. The van der Waals surface area contributed by atoms with Crippen LogP contribution in [0.2, 0.25) is 0 Å². The highest BCUT2D eigenvalue weighted by molar-refractivity contribution is 7.15. The standard InChI is InChI=1S/C23H26N4O6S/c1-30-16-11-15(12-17(13-16)31-2)22(29)24-8-7-20(28)25-23-27-26-21(34-23)10-14-5-6-18(32-3)19(9-14)33-4/h5-6,9,11-13H,7-8,10H2,1-4H3,(H,24,29)(H,25,27,28). The molecule has 10 nitrogen and oxygen atoms in total. The average molecular weight is 487 g/mol. The van der Waals surface area contributed by atoms with Crippen molar-refractivity contribution in [1.29, 1.82) is 0 Å². The van der Waals surface area contributed by atoms with Crippen LogP contribution in [0.1, 0.15) is 27.3 Å². The zero-order valence-electron chi connectivity index (χ0n) is 19.3. The van der Waals surface area contributed by atoms with E-state index in [4.69, 9.17) is 18.9 Å². The summed E-state index contributed by atoms with van der Waals surface area (Å²) in [5.74, 6) is 1.67. The summed E-state index contributed by atoms with van der Waals surface area (Å²) in [5, 5.41) is 14.7. The topological polar surface area (TPSA) is 121 Å². The highest BCUT2D eigenvalue weighted by Gasteiger charge is 2.13. The molecule has 34 heavy (non-hydrogen) atoms. The molecular formula is C23H26N4O6S. The molecule has 0 atom stereocenters. The number of nitrogens with zero attached hydrogens (tertiary/aromatic N) is 2. The minimum absolute atomic E-state index is 0.0808. The maximum absolute atomic E-state index is 12.4. The lowest BCUT2D eigenvalue weighted by atomic mass is 10.1. The highest BCUT2D eigenvalue weighted by atomic mass is 32.1. The second kappa shape index (κ2) is 11.8. The summed E-state index contributed by atoms with van der Waals surface area (Å²) < 4.78 is 20.9. The summed E-state index contributed by atoms with van der Waals surface area (Å²) in [6, 6.07) is 10.5. The lowest BCUT2D eigenvalue weighted by Gasteiger charge is -2.09. The molecule has 3 aromatic rings. The Morgan fingerprint density at radius 2 is 1.59 bits per heavy atom. The molecule has 2 aromatic carbocycles. The number of carbonyl (C=O) groups is 2. The van der Waals surface area contributed by atoms with Crippen LogP contribution < -0.4 is 29.6 Å². The van der Waals surface area contributed by atoms with Gasteiger partial charge in [0.05, 0.1) is 28.4 Å². The van der Waals surface area contributed by atoms with E-state index in [0.29, 0.717) is 40.1 Å².